The van der Waals surface area contributed by atoms with Crippen LogP contribution in [-0.4, -0.2) is 20.4 Å². The molecule has 1 aromatic rings. The highest BCUT2D eigenvalue weighted by molar-refractivity contribution is 6.31. The van der Waals surface area contributed by atoms with E-state index in [1.807, 2.05) is 0 Å². The summed E-state index contributed by atoms with van der Waals surface area (Å²) in [6.45, 7) is 0. The minimum absolute atomic E-state index is 0.237. The fraction of sp³-hybridized carbons (Fsp3) is 0.500. The standard InChI is InChI=1S/C12H15ClF3NO2/c1-18-10-5-7(8(13)6-11(10)19-2)9(17)3-4-12(14,15)16/h5-6,9H,3-4,17H2,1-2H3. The van der Waals surface area contributed by atoms with Gasteiger partial charge >= 0.3 is 6.18 Å². The highest BCUT2D eigenvalue weighted by atomic mass is 35.5. The van der Waals surface area contributed by atoms with Crippen molar-refractivity contribution >= 4 is 11.6 Å². The van der Waals surface area contributed by atoms with Gasteiger partial charge in [0.05, 0.1) is 14.2 Å². The van der Waals surface area contributed by atoms with Gasteiger partial charge in [0.15, 0.2) is 11.5 Å². The zero-order valence-electron chi connectivity index (χ0n) is 10.6. The van der Waals surface area contributed by atoms with Gasteiger partial charge in [0.1, 0.15) is 0 Å². The molecule has 3 nitrogen and oxygen atoms in total. The van der Waals surface area contributed by atoms with E-state index in [0.29, 0.717) is 17.1 Å². The summed E-state index contributed by atoms with van der Waals surface area (Å²) in [5.74, 6) is 0.781. The number of benzene rings is 1. The molecule has 0 aromatic heterocycles. The lowest BCUT2D eigenvalue weighted by Gasteiger charge is -2.17. The maximum Gasteiger partial charge on any atom is 0.389 e. The maximum absolute atomic E-state index is 12.2. The molecule has 0 aliphatic heterocycles. The second-order valence-electron chi connectivity index (χ2n) is 3.99. The Morgan fingerprint density at radius 2 is 1.74 bits per heavy atom. The maximum atomic E-state index is 12.2. The van der Waals surface area contributed by atoms with Crippen molar-refractivity contribution in [3.63, 3.8) is 0 Å². The van der Waals surface area contributed by atoms with Crippen molar-refractivity contribution in [1.29, 1.82) is 0 Å². The van der Waals surface area contributed by atoms with Crippen LogP contribution in [0.3, 0.4) is 0 Å². The Morgan fingerprint density at radius 3 is 2.21 bits per heavy atom. The summed E-state index contributed by atoms with van der Waals surface area (Å²) in [5, 5.41) is 0.257. The number of hydrogen-bond acceptors (Lipinski definition) is 3. The molecule has 0 aliphatic rings. The molecule has 2 N–H and O–H groups in total. The second-order valence-corrected chi connectivity index (χ2v) is 4.40. The van der Waals surface area contributed by atoms with E-state index in [4.69, 9.17) is 26.8 Å². The first-order chi connectivity index (χ1) is 8.78. The first-order valence-corrected chi connectivity index (χ1v) is 5.90. The van der Waals surface area contributed by atoms with E-state index in [1.165, 1.54) is 26.4 Å². The quantitative estimate of drug-likeness (QED) is 0.901. The molecule has 19 heavy (non-hydrogen) atoms. The van der Waals surface area contributed by atoms with Gasteiger partial charge in [0.2, 0.25) is 0 Å². The van der Waals surface area contributed by atoms with Crippen LogP contribution in [0.2, 0.25) is 5.02 Å². The summed E-state index contributed by atoms with van der Waals surface area (Å²) in [7, 11) is 2.87. The molecule has 0 saturated carbocycles. The zero-order chi connectivity index (χ0) is 14.6. The Morgan fingerprint density at radius 1 is 1.21 bits per heavy atom. The smallest absolute Gasteiger partial charge is 0.389 e. The molecule has 0 saturated heterocycles. The average Bonchev–Trinajstić information content (AvgIpc) is 2.34. The third-order valence-corrected chi connectivity index (χ3v) is 2.97. The van der Waals surface area contributed by atoms with Crippen LogP contribution >= 0.6 is 11.6 Å². The molecule has 1 rings (SSSR count). The lowest BCUT2D eigenvalue weighted by molar-refractivity contribution is -0.136. The second kappa shape index (κ2) is 6.34. The van der Waals surface area contributed by atoms with Gasteiger partial charge in [-0.1, -0.05) is 11.6 Å². The molecule has 7 heteroatoms. The van der Waals surface area contributed by atoms with Gasteiger partial charge < -0.3 is 15.2 Å². The van der Waals surface area contributed by atoms with Crippen molar-refractivity contribution < 1.29 is 22.6 Å². The first kappa shape index (κ1) is 15.9. The van der Waals surface area contributed by atoms with Crippen LogP contribution in [0.15, 0.2) is 12.1 Å². The lowest BCUT2D eigenvalue weighted by Crippen LogP contribution is -2.16. The van der Waals surface area contributed by atoms with Gasteiger partial charge in [-0.05, 0) is 18.1 Å². The summed E-state index contributed by atoms with van der Waals surface area (Å²) in [6, 6.07) is 2.17. The number of rotatable bonds is 5. The van der Waals surface area contributed by atoms with Crippen molar-refractivity contribution in [2.45, 2.75) is 25.1 Å². The van der Waals surface area contributed by atoms with E-state index < -0.39 is 18.6 Å². The van der Waals surface area contributed by atoms with Gasteiger partial charge in [0, 0.05) is 23.6 Å². The Bertz CT molecular complexity index is 438. The molecular formula is C12H15ClF3NO2. The van der Waals surface area contributed by atoms with Crippen molar-refractivity contribution in [2.75, 3.05) is 14.2 Å². The Balaban J connectivity index is 2.93. The number of nitrogens with two attached hydrogens (primary N) is 1. The molecule has 0 heterocycles. The Labute approximate surface area is 114 Å². The van der Waals surface area contributed by atoms with E-state index in [0.717, 1.165) is 0 Å². The highest BCUT2D eigenvalue weighted by Gasteiger charge is 2.28. The Kier molecular flexibility index (Phi) is 5.31. The van der Waals surface area contributed by atoms with Crippen LogP contribution in [0.1, 0.15) is 24.4 Å². The predicted octanol–water partition coefficient (Wildman–Crippen LogP) is 3.70. The molecule has 1 unspecified atom stereocenters. The minimum Gasteiger partial charge on any atom is -0.493 e. The van der Waals surface area contributed by atoms with Gasteiger partial charge in [-0.3, -0.25) is 0 Å². The summed E-state index contributed by atoms with van der Waals surface area (Å²) < 4.78 is 46.6. The van der Waals surface area contributed by atoms with Crippen molar-refractivity contribution in [2.24, 2.45) is 5.73 Å². The molecule has 0 spiro atoms. The van der Waals surface area contributed by atoms with E-state index in [9.17, 15) is 13.2 Å². The van der Waals surface area contributed by atoms with E-state index in [1.54, 1.807) is 0 Å². The molecule has 0 radical (unpaired) electrons. The number of halogens is 4. The first-order valence-electron chi connectivity index (χ1n) is 5.52. The van der Waals surface area contributed by atoms with Gasteiger partial charge in [0.25, 0.3) is 0 Å². The monoisotopic (exact) mass is 297 g/mol. The van der Waals surface area contributed by atoms with E-state index >= 15 is 0 Å². The Hall–Kier alpha value is -1.14. The largest absolute Gasteiger partial charge is 0.493 e. The summed E-state index contributed by atoms with van der Waals surface area (Å²) in [6.07, 6.45) is -5.43. The predicted molar refractivity (Wildman–Crippen MR) is 66.8 cm³/mol. The zero-order valence-corrected chi connectivity index (χ0v) is 11.3. The van der Waals surface area contributed by atoms with Crippen LogP contribution in [0.4, 0.5) is 13.2 Å². The molecular weight excluding hydrogens is 283 g/mol. The molecule has 0 fully saturated rings. The lowest BCUT2D eigenvalue weighted by atomic mass is 10.0. The number of alkyl halides is 3. The molecule has 1 aromatic carbocycles. The fourth-order valence-electron chi connectivity index (χ4n) is 1.63. The third-order valence-electron chi connectivity index (χ3n) is 2.64. The number of methoxy groups -OCH3 is 2. The van der Waals surface area contributed by atoms with Crippen LogP contribution in [0, 0.1) is 0 Å². The minimum atomic E-state index is -4.24. The molecule has 0 amide bonds. The topological polar surface area (TPSA) is 44.5 Å². The van der Waals surface area contributed by atoms with Crippen LogP contribution in [0.25, 0.3) is 0 Å². The summed E-state index contributed by atoms with van der Waals surface area (Å²) >= 11 is 5.99. The fourth-order valence-corrected chi connectivity index (χ4v) is 1.92. The van der Waals surface area contributed by atoms with Crippen LogP contribution in [0.5, 0.6) is 11.5 Å². The number of hydrogen-bond donors (Lipinski definition) is 1. The van der Waals surface area contributed by atoms with Crippen molar-refractivity contribution in [3.8, 4) is 11.5 Å². The highest BCUT2D eigenvalue weighted by Crippen LogP contribution is 2.37. The molecule has 0 bridgehead atoms. The average molecular weight is 298 g/mol. The van der Waals surface area contributed by atoms with E-state index in [2.05, 4.69) is 0 Å². The van der Waals surface area contributed by atoms with Crippen LogP contribution in [-0.2, 0) is 0 Å². The van der Waals surface area contributed by atoms with Crippen LogP contribution < -0.4 is 15.2 Å². The molecule has 108 valence electrons. The molecule has 0 aliphatic carbocycles. The normalized spacial score (nSPS) is 13.2. The third kappa shape index (κ3) is 4.47. The SMILES string of the molecule is COc1cc(Cl)c(C(N)CCC(F)(F)F)cc1OC. The van der Waals surface area contributed by atoms with Gasteiger partial charge in [-0.25, -0.2) is 0 Å². The van der Waals surface area contributed by atoms with Gasteiger partial charge in [-0.15, -0.1) is 0 Å². The number of ether oxygens (including phenoxy) is 2. The van der Waals surface area contributed by atoms with Gasteiger partial charge in [-0.2, -0.15) is 13.2 Å². The molecule has 1 atom stereocenters. The van der Waals surface area contributed by atoms with E-state index in [-0.39, 0.29) is 11.4 Å². The van der Waals surface area contributed by atoms with Crippen molar-refractivity contribution in [1.82, 2.24) is 0 Å². The summed E-state index contributed by atoms with van der Waals surface area (Å²) in [4.78, 5) is 0. The summed E-state index contributed by atoms with van der Waals surface area (Å²) in [5.41, 5.74) is 6.14. The van der Waals surface area contributed by atoms with Crippen molar-refractivity contribution in [3.05, 3.63) is 22.7 Å².